The number of rotatable bonds is 6. The molecule has 0 aromatic heterocycles. The lowest BCUT2D eigenvalue weighted by atomic mass is 10.1. The third-order valence-corrected chi connectivity index (χ3v) is 3.33. The number of phenols is 1. The van der Waals surface area contributed by atoms with E-state index >= 15 is 0 Å². The van der Waals surface area contributed by atoms with Gasteiger partial charge in [-0.3, -0.25) is 4.79 Å². The molecule has 1 amide bonds. The number of aromatic hydroxyl groups is 1. The first-order chi connectivity index (χ1) is 11.1. The van der Waals surface area contributed by atoms with Crippen LogP contribution in [-0.4, -0.2) is 30.1 Å². The predicted molar refractivity (Wildman–Crippen MR) is 86.6 cm³/mol. The number of benzene rings is 2. The van der Waals surface area contributed by atoms with Crippen LogP contribution in [0.15, 0.2) is 48.5 Å². The second kappa shape index (κ2) is 8.19. The minimum absolute atomic E-state index is 0.0745. The Bertz CT molecular complexity index is 688. The van der Waals surface area contributed by atoms with E-state index in [0.29, 0.717) is 18.0 Å². The van der Waals surface area contributed by atoms with Crippen molar-refractivity contribution in [2.24, 2.45) is 0 Å². The van der Waals surface area contributed by atoms with Crippen LogP contribution in [0.25, 0.3) is 0 Å². The fourth-order valence-electron chi connectivity index (χ4n) is 1.92. The summed E-state index contributed by atoms with van der Waals surface area (Å²) in [5, 5.41) is 12.5. The molecule has 2 N–H and O–H groups in total. The topological polar surface area (TPSA) is 75.6 Å². The number of carbonyl (C=O) groups excluding carboxylic acids is 2. The number of ether oxygens (including phenoxy) is 1. The van der Waals surface area contributed by atoms with Gasteiger partial charge in [-0.1, -0.05) is 41.9 Å². The van der Waals surface area contributed by atoms with Crippen LogP contribution in [0.3, 0.4) is 0 Å². The van der Waals surface area contributed by atoms with Gasteiger partial charge in [-0.05, 0) is 30.2 Å². The van der Waals surface area contributed by atoms with Gasteiger partial charge in [0.25, 0.3) is 5.91 Å². The van der Waals surface area contributed by atoms with Gasteiger partial charge in [0.15, 0.2) is 6.61 Å². The lowest BCUT2D eigenvalue weighted by Crippen LogP contribution is -2.30. The Hall–Kier alpha value is -2.53. The van der Waals surface area contributed by atoms with Gasteiger partial charge >= 0.3 is 5.97 Å². The lowest BCUT2D eigenvalue weighted by molar-refractivity contribution is -0.124. The van der Waals surface area contributed by atoms with Crippen molar-refractivity contribution in [2.45, 2.75) is 6.42 Å². The van der Waals surface area contributed by atoms with Gasteiger partial charge in [0.05, 0.1) is 0 Å². The van der Waals surface area contributed by atoms with Gasteiger partial charge in [0.2, 0.25) is 0 Å². The summed E-state index contributed by atoms with van der Waals surface area (Å²) in [5.74, 6) is -1.46. The molecule has 0 saturated heterocycles. The normalized spacial score (nSPS) is 10.1. The molecule has 2 rings (SSSR count). The molecule has 0 atom stereocenters. The number of amides is 1. The number of nitrogens with one attached hydrogen (secondary N) is 1. The first-order valence-electron chi connectivity index (χ1n) is 7.02. The summed E-state index contributed by atoms with van der Waals surface area (Å²) in [7, 11) is 0. The number of hydrogen-bond acceptors (Lipinski definition) is 4. The monoisotopic (exact) mass is 333 g/mol. The SMILES string of the molecule is O=C(COC(=O)c1cc(Cl)ccc1O)NCCc1ccccc1. The summed E-state index contributed by atoms with van der Waals surface area (Å²) < 4.78 is 4.86. The van der Waals surface area contributed by atoms with E-state index in [-0.39, 0.29) is 11.3 Å². The van der Waals surface area contributed by atoms with E-state index in [0.717, 1.165) is 5.56 Å². The fraction of sp³-hybridized carbons (Fsp3) is 0.176. The number of carbonyl (C=O) groups is 2. The number of esters is 1. The smallest absolute Gasteiger partial charge is 0.342 e. The van der Waals surface area contributed by atoms with Crippen LogP contribution in [0.1, 0.15) is 15.9 Å². The molecule has 23 heavy (non-hydrogen) atoms. The highest BCUT2D eigenvalue weighted by molar-refractivity contribution is 6.31. The zero-order chi connectivity index (χ0) is 16.7. The standard InChI is InChI=1S/C17H16ClNO4/c18-13-6-7-15(20)14(10-13)17(22)23-11-16(21)19-9-8-12-4-2-1-3-5-12/h1-7,10,20H,8-9,11H2,(H,19,21). The first kappa shape index (κ1) is 16.8. The minimum Gasteiger partial charge on any atom is -0.507 e. The minimum atomic E-state index is -0.803. The zero-order valence-electron chi connectivity index (χ0n) is 12.3. The fourth-order valence-corrected chi connectivity index (χ4v) is 2.09. The molecule has 0 radical (unpaired) electrons. The molecular weight excluding hydrogens is 318 g/mol. The summed E-state index contributed by atoms with van der Waals surface area (Å²) >= 11 is 5.75. The molecule has 0 aliphatic carbocycles. The van der Waals surface area contributed by atoms with E-state index < -0.39 is 18.5 Å². The van der Waals surface area contributed by atoms with Crippen molar-refractivity contribution in [1.29, 1.82) is 0 Å². The Kier molecular flexibility index (Phi) is 6.00. The van der Waals surface area contributed by atoms with Crippen LogP contribution < -0.4 is 5.32 Å². The predicted octanol–water partition coefficient (Wildman–Crippen LogP) is 2.56. The summed E-state index contributed by atoms with van der Waals surface area (Å²) in [6.07, 6.45) is 0.690. The molecule has 2 aromatic rings. The maximum atomic E-state index is 11.8. The van der Waals surface area contributed by atoms with Gasteiger partial charge in [0.1, 0.15) is 11.3 Å². The van der Waals surface area contributed by atoms with Crippen LogP contribution in [0, 0.1) is 0 Å². The molecule has 0 aliphatic heterocycles. The number of phenolic OH excluding ortho intramolecular Hbond substituents is 1. The van der Waals surface area contributed by atoms with E-state index in [9.17, 15) is 14.7 Å². The van der Waals surface area contributed by atoms with Crippen molar-refractivity contribution in [3.05, 3.63) is 64.7 Å². The van der Waals surface area contributed by atoms with E-state index in [1.165, 1.54) is 18.2 Å². The van der Waals surface area contributed by atoms with Crippen LogP contribution in [0.4, 0.5) is 0 Å². The third kappa shape index (κ3) is 5.30. The molecule has 6 heteroatoms. The summed E-state index contributed by atoms with van der Waals surface area (Å²) in [5.41, 5.74) is 1.03. The van der Waals surface area contributed by atoms with Gasteiger partial charge < -0.3 is 15.2 Å². The Labute approximate surface area is 138 Å². The largest absolute Gasteiger partial charge is 0.507 e. The van der Waals surface area contributed by atoms with Gasteiger partial charge in [0, 0.05) is 11.6 Å². The van der Waals surface area contributed by atoms with E-state index in [1.807, 2.05) is 30.3 Å². The van der Waals surface area contributed by atoms with Crippen molar-refractivity contribution < 1.29 is 19.4 Å². The molecular formula is C17H16ClNO4. The quantitative estimate of drug-likeness (QED) is 0.797. The lowest BCUT2D eigenvalue weighted by Gasteiger charge is -2.08. The highest BCUT2D eigenvalue weighted by atomic mass is 35.5. The molecule has 0 spiro atoms. The van der Waals surface area contributed by atoms with Crippen molar-refractivity contribution in [2.75, 3.05) is 13.2 Å². The Morgan fingerprint density at radius 2 is 1.87 bits per heavy atom. The average Bonchev–Trinajstić information content (AvgIpc) is 2.56. The van der Waals surface area contributed by atoms with Crippen molar-refractivity contribution >= 4 is 23.5 Å². The van der Waals surface area contributed by atoms with Crippen LogP contribution >= 0.6 is 11.6 Å². The van der Waals surface area contributed by atoms with Crippen LogP contribution in [-0.2, 0) is 16.0 Å². The Morgan fingerprint density at radius 1 is 1.13 bits per heavy atom. The van der Waals surface area contributed by atoms with Crippen LogP contribution in [0.5, 0.6) is 5.75 Å². The molecule has 5 nitrogen and oxygen atoms in total. The first-order valence-corrected chi connectivity index (χ1v) is 7.40. The molecule has 0 aliphatic rings. The molecule has 0 saturated carbocycles. The van der Waals surface area contributed by atoms with Gasteiger partial charge in [-0.15, -0.1) is 0 Å². The Morgan fingerprint density at radius 3 is 2.61 bits per heavy atom. The van der Waals surface area contributed by atoms with Crippen molar-refractivity contribution in [1.82, 2.24) is 5.32 Å². The molecule has 2 aromatic carbocycles. The van der Waals surface area contributed by atoms with Crippen molar-refractivity contribution in [3.8, 4) is 5.75 Å². The highest BCUT2D eigenvalue weighted by Gasteiger charge is 2.14. The highest BCUT2D eigenvalue weighted by Crippen LogP contribution is 2.22. The van der Waals surface area contributed by atoms with Crippen LogP contribution in [0.2, 0.25) is 5.02 Å². The number of halogens is 1. The molecule has 0 bridgehead atoms. The number of hydrogen-bond donors (Lipinski definition) is 2. The molecule has 120 valence electrons. The zero-order valence-corrected chi connectivity index (χ0v) is 13.0. The second-order valence-corrected chi connectivity index (χ2v) is 5.26. The maximum Gasteiger partial charge on any atom is 0.342 e. The summed E-state index contributed by atoms with van der Waals surface area (Å²) in [4.78, 5) is 23.4. The van der Waals surface area contributed by atoms with E-state index in [4.69, 9.17) is 16.3 Å². The molecule has 0 unspecified atom stereocenters. The third-order valence-electron chi connectivity index (χ3n) is 3.09. The average molecular weight is 334 g/mol. The maximum absolute atomic E-state index is 11.8. The van der Waals surface area contributed by atoms with Gasteiger partial charge in [-0.25, -0.2) is 4.79 Å². The molecule has 0 fully saturated rings. The van der Waals surface area contributed by atoms with Gasteiger partial charge in [-0.2, -0.15) is 0 Å². The Balaban J connectivity index is 1.75. The summed E-state index contributed by atoms with van der Waals surface area (Å²) in [6.45, 7) is 0.0301. The molecule has 0 heterocycles. The van der Waals surface area contributed by atoms with Crippen molar-refractivity contribution in [3.63, 3.8) is 0 Å². The second-order valence-electron chi connectivity index (χ2n) is 4.82. The van der Waals surface area contributed by atoms with E-state index in [1.54, 1.807) is 0 Å². The summed E-state index contributed by atoms with van der Waals surface area (Å²) in [6, 6.07) is 13.7. The van der Waals surface area contributed by atoms with E-state index in [2.05, 4.69) is 5.32 Å².